The summed E-state index contributed by atoms with van der Waals surface area (Å²) in [5.41, 5.74) is 5.76. The molecule has 0 aromatic carbocycles. The normalized spacial score (nSPS) is 16.2. The Bertz CT molecular complexity index is 414. The Hall–Kier alpha value is -1.59. The van der Waals surface area contributed by atoms with E-state index in [0.717, 1.165) is 25.6 Å². The van der Waals surface area contributed by atoms with Crippen molar-refractivity contribution in [3.8, 4) is 0 Å². The molecule has 0 amide bonds. The Balaban J connectivity index is 2.02. The topological polar surface area (TPSA) is 80.0 Å². The van der Waals surface area contributed by atoms with E-state index in [-0.39, 0.29) is 5.95 Å². The fourth-order valence-corrected chi connectivity index (χ4v) is 2.19. The molecule has 1 atom stereocenters. The zero-order chi connectivity index (χ0) is 13.8. The fraction of sp³-hybridized carbons (Fsp3) is 0.769. The molecule has 1 fully saturated rings. The van der Waals surface area contributed by atoms with Gasteiger partial charge in [0.1, 0.15) is 0 Å². The Morgan fingerprint density at radius 3 is 2.53 bits per heavy atom. The van der Waals surface area contributed by atoms with Gasteiger partial charge >= 0.3 is 0 Å². The first kappa shape index (κ1) is 13.8. The molecule has 1 heterocycles. The van der Waals surface area contributed by atoms with Crippen molar-refractivity contribution in [2.75, 3.05) is 35.6 Å². The van der Waals surface area contributed by atoms with Crippen molar-refractivity contribution in [2.24, 2.45) is 11.8 Å². The highest BCUT2D eigenvalue weighted by Crippen LogP contribution is 2.36. The summed E-state index contributed by atoms with van der Waals surface area (Å²) in [5, 5.41) is 3.28. The van der Waals surface area contributed by atoms with E-state index in [1.165, 1.54) is 12.8 Å². The van der Waals surface area contributed by atoms with Gasteiger partial charge in [-0.2, -0.15) is 15.0 Å². The molecule has 1 aromatic heterocycles. The minimum Gasteiger partial charge on any atom is -0.368 e. The first-order valence-electron chi connectivity index (χ1n) is 7.14. The Morgan fingerprint density at radius 2 is 1.95 bits per heavy atom. The maximum Gasteiger partial charge on any atom is 0.231 e. The molecular formula is C13H24N6. The Labute approximate surface area is 114 Å². The number of hydrogen-bond acceptors (Lipinski definition) is 6. The molecule has 1 saturated carbocycles. The summed E-state index contributed by atoms with van der Waals surface area (Å²) >= 11 is 0. The molecule has 19 heavy (non-hydrogen) atoms. The maximum absolute atomic E-state index is 5.76. The number of aromatic nitrogens is 3. The van der Waals surface area contributed by atoms with Crippen LogP contribution in [0.25, 0.3) is 0 Å². The van der Waals surface area contributed by atoms with Gasteiger partial charge in [-0.3, -0.25) is 0 Å². The highest BCUT2D eigenvalue weighted by atomic mass is 15.3. The summed E-state index contributed by atoms with van der Waals surface area (Å²) in [7, 11) is 0. The van der Waals surface area contributed by atoms with E-state index in [9.17, 15) is 0 Å². The number of anilines is 3. The van der Waals surface area contributed by atoms with Crippen molar-refractivity contribution in [3.05, 3.63) is 0 Å². The molecule has 1 unspecified atom stereocenters. The predicted octanol–water partition coefficient (Wildman–Crippen LogP) is 1.76. The van der Waals surface area contributed by atoms with Crippen LogP contribution in [0.5, 0.6) is 0 Å². The van der Waals surface area contributed by atoms with E-state index in [2.05, 4.69) is 45.9 Å². The second-order valence-electron chi connectivity index (χ2n) is 5.19. The number of nitrogens with one attached hydrogen (secondary N) is 1. The van der Waals surface area contributed by atoms with Crippen LogP contribution >= 0.6 is 0 Å². The molecule has 0 saturated heterocycles. The van der Waals surface area contributed by atoms with E-state index in [1.807, 2.05) is 0 Å². The second kappa shape index (κ2) is 6.04. The van der Waals surface area contributed by atoms with Gasteiger partial charge in [-0.15, -0.1) is 0 Å². The van der Waals surface area contributed by atoms with Crippen LogP contribution in [0.4, 0.5) is 17.8 Å². The largest absolute Gasteiger partial charge is 0.368 e. The quantitative estimate of drug-likeness (QED) is 0.781. The van der Waals surface area contributed by atoms with Gasteiger partial charge in [-0.1, -0.05) is 6.92 Å². The third-order valence-corrected chi connectivity index (χ3v) is 3.70. The molecule has 1 aliphatic rings. The lowest BCUT2D eigenvalue weighted by Crippen LogP contribution is -2.25. The number of rotatable bonds is 7. The zero-order valence-electron chi connectivity index (χ0n) is 12.1. The van der Waals surface area contributed by atoms with Gasteiger partial charge in [0.05, 0.1) is 0 Å². The molecule has 6 heteroatoms. The first-order chi connectivity index (χ1) is 9.13. The lowest BCUT2D eigenvalue weighted by atomic mass is 10.1. The van der Waals surface area contributed by atoms with E-state index in [1.54, 1.807) is 0 Å². The molecule has 0 radical (unpaired) electrons. The molecule has 2 rings (SSSR count). The van der Waals surface area contributed by atoms with Crippen molar-refractivity contribution in [3.63, 3.8) is 0 Å². The lowest BCUT2D eigenvalue weighted by molar-refractivity contribution is 0.535. The Kier molecular flexibility index (Phi) is 4.39. The molecule has 106 valence electrons. The monoisotopic (exact) mass is 264 g/mol. The zero-order valence-corrected chi connectivity index (χ0v) is 12.1. The summed E-state index contributed by atoms with van der Waals surface area (Å²) in [6, 6.07) is 0. The summed E-state index contributed by atoms with van der Waals surface area (Å²) < 4.78 is 0. The van der Waals surface area contributed by atoms with E-state index in [0.29, 0.717) is 17.8 Å². The second-order valence-corrected chi connectivity index (χ2v) is 5.19. The first-order valence-corrected chi connectivity index (χ1v) is 7.14. The van der Waals surface area contributed by atoms with Crippen LogP contribution < -0.4 is 16.0 Å². The van der Waals surface area contributed by atoms with Crippen molar-refractivity contribution in [1.29, 1.82) is 0 Å². The van der Waals surface area contributed by atoms with E-state index < -0.39 is 0 Å². The number of hydrogen-bond donors (Lipinski definition) is 2. The molecular weight excluding hydrogens is 240 g/mol. The standard InChI is InChI=1S/C13H24N6/c1-4-19(5-2)13-17-11(14)16-12(18-13)15-8-9(3)10-6-7-10/h9-10H,4-8H2,1-3H3,(H3,14,15,16,17,18). The number of nitrogens with zero attached hydrogens (tertiary/aromatic N) is 4. The smallest absolute Gasteiger partial charge is 0.231 e. The molecule has 1 aromatic rings. The Morgan fingerprint density at radius 1 is 1.26 bits per heavy atom. The van der Waals surface area contributed by atoms with Crippen LogP contribution in [-0.2, 0) is 0 Å². The highest BCUT2D eigenvalue weighted by molar-refractivity contribution is 5.41. The average molecular weight is 264 g/mol. The summed E-state index contributed by atoms with van der Waals surface area (Å²) in [6.45, 7) is 9.03. The number of nitrogen functional groups attached to an aromatic ring is 1. The van der Waals surface area contributed by atoms with Gasteiger partial charge < -0.3 is 16.0 Å². The average Bonchev–Trinajstić information content (AvgIpc) is 3.21. The third-order valence-electron chi connectivity index (χ3n) is 3.70. The van der Waals surface area contributed by atoms with Crippen molar-refractivity contribution >= 4 is 17.8 Å². The third kappa shape index (κ3) is 3.68. The van der Waals surface area contributed by atoms with Crippen LogP contribution in [0.1, 0.15) is 33.6 Å². The van der Waals surface area contributed by atoms with Crippen LogP contribution in [0.2, 0.25) is 0 Å². The van der Waals surface area contributed by atoms with Gasteiger partial charge in [-0.25, -0.2) is 0 Å². The van der Waals surface area contributed by atoms with Crippen LogP contribution in [0.3, 0.4) is 0 Å². The van der Waals surface area contributed by atoms with Crippen LogP contribution in [0, 0.1) is 11.8 Å². The number of nitrogens with two attached hydrogens (primary N) is 1. The van der Waals surface area contributed by atoms with E-state index >= 15 is 0 Å². The van der Waals surface area contributed by atoms with Gasteiger partial charge in [0, 0.05) is 19.6 Å². The van der Waals surface area contributed by atoms with E-state index in [4.69, 9.17) is 5.73 Å². The van der Waals surface area contributed by atoms with Gasteiger partial charge in [-0.05, 0) is 38.5 Å². The van der Waals surface area contributed by atoms with Gasteiger partial charge in [0.2, 0.25) is 17.8 Å². The highest BCUT2D eigenvalue weighted by Gasteiger charge is 2.27. The minimum atomic E-state index is 0.276. The fourth-order valence-electron chi connectivity index (χ4n) is 2.19. The predicted molar refractivity (Wildman–Crippen MR) is 78.2 cm³/mol. The van der Waals surface area contributed by atoms with Crippen molar-refractivity contribution < 1.29 is 0 Å². The van der Waals surface area contributed by atoms with Crippen LogP contribution in [0.15, 0.2) is 0 Å². The van der Waals surface area contributed by atoms with Gasteiger partial charge in [0.15, 0.2) is 0 Å². The molecule has 0 aliphatic heterocycles. The summed E-state index contributed by atoms with van der Waals surface area (Å²) in [4.78, 5) is 14.8. The molecule has 1 aliphatic carbocycles. The van der Waals surface area contributed by atoms with Crippen molar-refractivity contribution in [1.82, 2.24) is 15.0 Å². The summed E-state index contributed by atoms with van der Waals surface area (Å²) in [5.74, 6) is 3.04. The molecule has 0 bridgehead atoms. The molecule has 0 spiro atoms. The molecule has 6 nitrogen and oxygen atoms in total. The molecule has 3 N–H and O–H groups in total. The summed E-state index contributed by atoms with van der Waals surface area (Å²) in [6.07, 6.45) is 2.71. The lowest BCUT2D eigenvalue weighted by Gasteiger charge is -2.19. The maximum atomic E-state index is 5.76. The van der Waals surface area contributed by atoms with Crippen LogP contribution in [-0.4, -0.2) is 34.6 Å². The minimum absolute atomic E-state index is 0.276. The SMILES string of the molecule is CCN(CC)c1nc(N)nc(NCC(C)C2CC2)n1. The van der Waals surface area contributed by atoms with Crippen molar-refractivity contribution in [2.45, 2.75) is 33.6 Å². The van der Waals surface area contributed by atoms with Gasteiger partial charge in [0.25, 0.3) is 0 Å².